The standard InChI is InChI=1S/C11H11NO/c12-7-11-5-2-1-3-9(11)8-4-6-13-10(8)11/h1-3,5,8-10H,4,6H2. The van der Waals surface area contributed by atoms with E-state index in [1.807, 2.05) is 12.2 Å². The number of ether oxygens (including phenoxy) is 1. The summed E-state index contributed by atoms with van der Waals surface area (Å²) in [6.07, 6.45) is 9.50. The van der Waals surface area contributed by atoms with Gasteiger partial charge >= 0.3 is 0 Å². The van der Waals surface area contributed by atoms with Gasteiger partial charge in [0.1, 0.15) is 5.41 Å². The molecule has 0 N–H and O–H groups in total. The third-order valence-electron chi connectivity index (χ3n) is 3.62. The molecule has 0 amide bonds. The smallest absolute Gasteiger partial charge is 0.109 e. The number of nitrogens with zero attached hydrogens (tertiary/aromatic N) is 1. The lowest BCUT2D eigenvalue weighted by atomic mass is 9.51. The van der Waals surface area contributed by atoms with Gasteiger partial charge in [-0.1, -0.05) is 24.3 Å². The first-order valence-corrected chi connectivity index (χ1v) is 4.77. The maximum absolute atomic E-state index is 9.20. The monoisotopic (exact) mass is 173 g/mol. The SMILES string of the molecule is N#CC12C=CC=CC1C1CCOC12. The van der Waals surface area contributed by atoms with Crippen LogP contribution in [0.25, 0.3) is 0 Å². The third kappa shape index (κ3) is 0.675. The minimum absolute atomic E-state index is 0.170. The van der Waals surface area contributed by atoms with E-state index in [0.717, 1.165) is 13.0 Å². The van der Waals surface area contributed by atoms with Crippen molar-refractivity contribution in [2.75, 3.05) is 6.61 Å². The molecule has 3 rings (SSSR count). The molecular weight excluding hydrogens is 162 g/mol. The number of allylic oxidation sites excluding steroid dienone is 3. The number of hydrogen-bond donors (Lipinski definition) is 0. The Balaban J connectivity index is 2.03. The van der Waals surface area contributed by atoms with E-state index in [0.29, 0.717) is 11.8 Å². The molecule has 1 heterocycles. The van der Waals surface area contributed by atoms with Crippen molar-refractivity contribution < 1.29 is 4.74 Å². The van der Waals surface area contributed by atoms with Gasteiger partial charge in [0.2, 0.25) is 0 Å². The van der Waals surface area contributed by atoms with Crippen LogP contribution in [0.1, 0.15) is 6.42 Å². The van der Waals surface area contributed by atoms with E-state index in [1.165, 1.54) is 0 Å². The summed E-state index contributed by atoms with van der Waals surface area (Å²) in [6, 6.07) is 2.43. The molecule has 2 heteroatoms. The second-order valence-corrected chi connectivity index (χ2v) is 4.06. The molecule has 1 aliphatic heterocycles. The fourth-order valence-electron chi connectivity index (χ4n) is 2.97. The van der Waals surface area contributed by atoms with Gasteiger partial charge in [0.15, 0.2) is 0 Å². The summed E-state index contributed by atoms with van der Waals surface area (Å²) >= 11 is 0. The van der Waals surface area contributed by atoms with Gasteiger partial charge < -0.3 is 4.74 Å². The molecular formula is C11H11NO. The van der Waals surface area contributed by atoms with Crippen LogP contribution in [0.3, 0.4) is 0 Å². The minimum atomic E-state index is -0.323. The Morgan fingerprint density at radius 1 is 1.46 bits per heavy atom. The topological polar surface area (TPSA) is 33.0 Å². The first-order valence-electron chi connectivity index (χ1n) is 4.77. The second-order valence-electron chi connectivity index (χ2n) is 4.06. The molecule has 66 valence electrons. The van der Waals surface area contributed by atoms with Crippen LogP contribution in [0.15, 0.2) is 24.3 Å². The largest absolute Gasteiger partial charge is 0.376 e. The summed E-state index contributed by atoms with van der Waals surface area (Å²) in [6.45, 7) is 0.830. The molecule has 4 unspecified atom stereocenters. The molecule has 1 saturated heterocycles. The van der Waals surface area contributed by atoms with Gasteiger partial charge in [-0.15, -0.1) is 0 Å². The van der Waals surface area contributed by atoms with Gasteiger partial charge in [-0.2, -0.15) is 5.26 Å². The minimum Gasteiger partial charge on any atom is -0.376 e. The van der Waals surface area contributed by atoms with Crippen LogP contribution in [-0.2, 0) is 4.74 Å². The molecule has 1 saturated carbocycles. The van der Waals surface area contributed by atoms with Crippen LogP contribution in [0, 0.1) is 28.6 Å². The van der Waals surface area contributed by atoms with E-state index < -0.39 is 0 Å². The summed E-state index contributed by atoms with van der Waals surface area (Å²) in [5.74, 6) is 1.01. The molecule has 0 bridgehead atoms. The summed E-state index contributed by atoms with van der Waals surface area (Å²) in [7, 11) is 0. The summed E-state index contributed by atoms with van der Waals surface area (Å²) in [5, 5.41) is 9.20. The maximum atomic E-state index is 9.20. The molecule has 2 nitrogen and oxygen atoms in total. The van der Waals surface area contributed by atoms with Gasteiger partial charge in [-0.3, -0.25) is 0 Å². The highest BCUT2D eigenvalue weighted by atomic mass is 16.5. The predicted molar refractivity (Wildman–Crippen MR) is 47.7 cm³/mol. The highest BCUT2D eigenvalue weighted by Crippen LogP contribution is 2.59. The van der Waals surface area contributed by atoms with Crippen molar-refractivity contribution in [2.45, 2.75) is 12.5 Å². The molecule has 0 aromatic carbocycles. The highest BCUT2D eigenvalue weighted by Gasteiger charge is 2.63. The van der Waals surface area contributed by atoms with Crippen LogP contribution in [0.4, 0.5) is 0 Å². The van der Waals surface area contributed by atoms with Crippen molar-refractivity contribution in [3.8, 4) is 6.07 Å². The van der Waals surface area contributed by atoms with Crippen molar-refractivity contribution in [3.63, 3.8) is 0 Å². The fraction of sp³-hybridized carbons (Fsp3) is 0.545. The Labute approximate surface area is 77.5 Å². The molecule has 3 aliphatic rings. The molecule has 0 radical (unpaired) electrons. The average molecular weight is 173 g/mol. The van der Waals surface area contributed by atoms with E-state index in [-0.39, 0.29) is 11.5 Å². The van der Waals surface area contributed by atoms with Gasteiger partial charge in [-0.05, 0) is 12.3 Å². The number of nitriles is 1. The van der Waals surface area contributed by atoms with Crippen molar-refractivity contribution in [1.29, 1.82) is 5.26 Å². The van der Waals surface area contributed by atoms with Crippen molar-refractivity contribution in [2.24, 2.45) is 17.3 Å². The quantitative estimate of drug-likeness (QED) is 0.558. The van der Waals surface area contributed by atoms with Crippen LogP contribution in [0.5, 0.6) is 0 Å². The van der Waals surface area contributed by atoms with E-state index in [9.17, 15) is 5.26 Å². The fourth-order valence-corrected chi connectivity index (χ4v) is 2.97. The zero-order chi connectivity index (χ0) is 8.89. The lowest BCUT2D eigenvalue weighted by Crippen LogP contribution is -2.57. The summed E-state index contributed by atoms with van der Waals surface area (Å²) < 4.78 is 5.61. The molecule has 0 aromatic heterocycles. The van der Waals surface area contributed by atoms with Crippen LogP contribution >= 0.6 is 0 Å². The Morgan fingerprint density at radius 3 is 3.23 bits per heavy atom. The predicted octanol–water partition coefficient (Wildman–Crippen LogP) is 1.66. The Morgan fingerprint density at radius 2 is 2.38 bits per heavy atom. The first-order chi connectivity index (χ1) is 6.38. The van der Waals surface area contributed by atoms with E-state index in [4.69, 9.17) is 4.74 Å². The number of fused-ring (bicyclic) bond motifs is 4. The highest BCUT2D eigenvalue weighted by molar-refractivity contribution is 5.37. The molecule has 13 heavy (non-hydrogen) atoms. The second kappa shape index (κ2) is 2.24. The zero-order valence-corrected chi connectivity index (χ0v) is 7.31. The zero-order valence-electron chi connectivity index (χ0n) is 7.31. The Bertz CT molecular complexity index is 338. The van der Waals surface area contributed by atoms with Gasteiger partial charge in [0.05, 0.1) is 12.2 Å². The summed E-state index contributed by atoms with van der Waals surface area (Å²) in [4.78, 5) is 0. The molecule has 4 atom stereocenters. The van der Waals surface area contributed by atoms with Gasteiger partial charge in [-0.25, -0.2) is 0 Å². The summed E-state index contributed by atoms with van der Waals surface area (Å²) in [5.41, 5.74) is -0.323. The van der Waals surface area contributed by atoms with Gasteiger partial charge in [0.25, 0.3) is 0 Å². The van der Waals surface area contributed by atoms with Crippen LogP contribution in [0.2, 0.25) is 0 Å². The van der Waals surface area contributed by atoms with E-state index in [2.05, 4.69) is 18.2 Å². The molecule has 0 spiro atoms. The van der Waals surface area contributed by atoms with Crippen molar-refractivity contribution in [1.82, 2.24) is 0 Å². The molecule has 0 aromatic rings. The van der Waals surface area contributed by atoms with Crippen LogP contribution < -0.4 is 0 Å². The van der Waals surface area contributed by atoms with E-state index in [1.54, 1.807) is 0 Å². The maximum Gasteiger partial charge on any atom is 0.109 e. The Hall–Kier alpha value is -1.07. The average Bonchev–Trinajstić information content (AvgIpc) is 2.59. The molecule has 2 aliphatic carbocycles. The van der Waals surface area contributed by atoms with Crippen LogP contribution in [-0.4, -0.2) is 12.7 Å². The van der Waals surface area contributed by atoms with Crippen molar-refractivity contribution >= 4 is 0 Å². The first kappa shape index (κ1) is 7.34. The number of rotatable bonds is 0. The van der Waals surface area contributed by atoms with Gasteiger partial charge in [0, 0.05) is 12.5 Å². The lowest BCUT2D eigenvalue weighted by Gasteiger charge is -2.52. The third-order valence-corrected chi connectivity index (χ3v) is 3.62. The molecule has 2 fully saturated rings. The normalized spacial score (nSPS) is 50.5. The van der Waals surface area contributed by atoms with Crippen molar-refractivity contribution in [3.05, 3.63) is 24.3 Å². The Kier molecular flexibility index (Phi) is 1.27. The number of hydrogen-bond acceptors (Lipinski definition) is 2. The lowest BCUT2D eigenvalue weighted by molar-refractivity contribution is -0.0784. The van der Waals surface area contributed by atoms with E-state index >= 15 is 0 Å².